The molecule has 1 aromatic heterocycles. The van der Waals surface area contributed by atoms with Crippen LogP contribution in [0.25, 0.3) is 0 Å². The van der Waals surface area contributed by atoms with Gasteiger partial charge in [-0.1, -0.05) is 29.8 Å². The van der Waals surface area contributed by atoms with Crippen LogP contribution in [-0.4, -0.2) is 18.2 Å². The van der Waals surface area contributed by atoms with Crippen LogP contribution in [0.1, 0.15) is 5.56 Å². The Kier molecular flexibility index (Phi) is 4.79. The minimum Gasteiger partial charge on any atom is -0.453 e. The van der Waals surface area contributed by atoms with E-state index in [2.05, 4.69) is 20.4 Å². The van der Waals surface area contributed by atoms with Gasteiger partial charge in [-0.25, -0.2) is 9.78 Å². The maximum absolute atomic E-state index is 11.0. The summed E-state index contributed by atoms with van der Waals surface area (Å²) in [6.07, 6.45) is 1.02. The third-order valence-electron chi connectivity index (χ3n) is 2.61. The van der Waals surface area contributed by atoms with Crippen LogP contribution in [0.2, 0.25) is 5.02 Å². The van der Waals surface area contributed by atoms with Crippen molar-refractivity contribution in [3.63, 3.8) is 0 Å². The van der Waals surface area contributed by atoms with Crippen molar-refractivity contribution in [1.82, 2.24) is 4.98 Å². The summed E-state index contributed by atoms with van der Waals surface area (Å²) >= 11 is 6.07. The van der Waals surface area contributed by atoms with Gasteiger partial charge in [0.05, 0.1) is 19.0 Å². The monoisotopic (exact) mass is 291 g/mol. The predicted molar refractivity (Wildman–Crippen MR) is 79.0 cm³/mol. The van der Waals surface area contributed by atoms with Gasteiger partial charge in [-0.05, 0) is 23.8 Å². The molecule has 0 atom stereocenters. The maximum atomic E-state index is 11.0. The fourth-order valence-electron chi connectivity index (χ4n) is 1.57. The molecule has 20 heavy (non-hydrogen) atoms. The van der Waals surface area contributed by atoms with Gasteiger partial charge in [-0.15, -0.1) is 0 Å². The number of hydrogen-bond acceptors (Lipinski definition) is 4. The molecule has 6 heteroatoms. The summed E-state index contributed by atoms with van der Waals surface area (Å²) in [4.78, 5) is 15.2. The van der Waals surface area contributed by atoms with E-state index in [4.69, 9.17) is 11.6 Å². The molecule has 0 radical (unpaired) electrons. The summed E-state index contributed by atoms with van der Waals surface area (Å²) in [7, 11) is 1.31. The van der Waals surface area contributed by atoms with E-state index in [0.717, 1.165) is 5.56 Å². The van der Waals surface area contributed by atoms with Gasteiger partial charge in [0.15, 0.2) is 0 Å². The third kappa shape index (κ3) is 3.86. The van der Waals surface area contributed by atoms with E-state index in [-0.39, 0.29) is 0 Å². The lowest BCUT2D eigenvalue weighted by molar-refractivity contribution is 0.187. The molecule has 0 saturated carbocycles. The van der Waals surface area contributed by atoms with Crippen molar-refractivity contribution in [1.29, 1.82) is 0 Å². The van der Waals surface area contributed by atoms with E-state index in [9.17, 15) is 4.79 Å². The first-order chi connectivity index (χ1) is 9.69. The van der Waals surface area contributed by atoms with Crippen molar-refractivity contribution in [2.45, 2.75) is 6.54 Å². The smallest absolute Gasteiger partial charge is 0.411 e. The summed E-state index contributed by atoms with van der Waals surface area (Å²) < 4.78 is 4.49. The number of anilines is 2. The average Bonchev–Trinajstić information content (AvgIpc) is 2.48. The first-order valence-corrected chi connectivity index (χ1v) is 6.35. The van der Waals surface area contributed by atoms with E-state index >= 15 is 0 Å². The highest BCUT2D eigenvalue weighted by Crippen LogP contribution is 2.17. The van der Waals surface area contributed by atoms with E-state index in [1.54, 1.807) is 18.3 Å². The summed E-state index contributed by atoms with van der Waals surface area (Å²) in [6.45, 7) is 0.580. The van der Waals surface area contributed by atoms with E-state index < -0.39 is 6.09 Å². The second-order valence-corrected chi connectivity index (χ2v) is 4.40. The molecule has 2 N–H and O–H groups in total. The Balaban J connectivity index is 1.94. The minimum absolute atomic E-state index is 0.524. The van der Waals surface area contributed by atoms with Gasteiger partial charge in [0.25, 0.3) is 0 Å². The van der Waals surface area contributed by atoms with Gasteiger partial charge in [0.2, 0.25) is 0 Å². The van der Waals surface area contributed by atoms with Crippen LogP contribution in [-0.2, 0) is 11.3 Å². The molecule has 0 unspecified atom stereocenters. The summed E-state index contributed by atoms with van der Waals surface area (Å²) in [6, 6.07) is 11.1. The molecule has 0 bridgehead atoms. The average molecular weight is 292 g/mol. The maximum Gasteiger partial charge on any atom is 0.411 e. The number of ether oxygens (including phenoxy) is 1. The number of rotatable bonds is 4. The number of nitrogens with one attached hydrogen (secondary N) is 2. The molecule has 0 aliphatic heterocycles. The highest BCUT2D eigenvalue weighted by molar-refractivity contribution is 6.31. The first-order valence-electron chi connectivity index (χ1n) is 5.97. The van der Waals surface area contributed by atoms with Crippen molar-refractivity contribution in [2.24, 2.45) is 0 Å². The first kappa shape index (κ1) is 14.1. The molecule has 104 valence electrons. The van der Waals surface area contributed by atoms with Crippen molar-refractivity contribution in [3.8, 4) is 0 Å². The molecule has 2 aromatic rings. The Hall–Kier alpha value is -2.27. The topological polar surface area (TPSA) is 63.2 Å². The lowest BCUT2D eigenvalue weighted by Crippen LogP contribution is -2.11. The zero-order chi connectivity index (χ0) is 14.4. The zero-order valence-corrected chi connectivity index (χ0v) is 11.6. The molecule has 0 aliphatic rings. The number of carbonyl (C=O) groups excluding carboxylic acids is 1. The van der Waals surface area contributed by atoms with Crippen LogP contribution in [0, 0.1) is 0 Å². The molecule has 1 amide bonds. The third-order valence-corrected chi connectivity index (χ3v) is 2.98. The van der Waals surface area contributed by atoms with Crippen LogP contribution in [0.5, 0.6) is 0 Å². The van der Waals surface area contributed by atoms with Crippen molar-refractivity contribution in [3.05, 3.63) is 53.2 Å². The van der Waals surface area contributed by atoms with Crippen LogP contribution >= 0.6 is 11.6 Å². The number of nitrogens with zero attached hydrogens (tertiary/aromatic N) is 1. The number of aromatic nitrogens is 1. The lowest BCUT2D eigenvalue weighted by atomic mass is 10.2. The molecule has 1 heterocycles. The minimum atomic E-state index is -0.524. The number of amides is 1. The van der Waals surface area contributed by atoms with Gasteiger partial charge >= 0.3 is 6.09 Å². The second-order valence-electron chi connectivity index (χ2n) is 3.99. The van der Waals surface area contributed by atoms with Crippen LogP contribution < -0.4 is 10.6 Å². The molecule has 1 aromatic carbocycles. The van der Waals surface area contributed by atoms with Crippen LogP contribution in [0.15, 0.2) is 42.6 Å². The summed E-state index contributed by atoms with van der Waals surface area (Å²) in [5.74, 6) is 0.695. The molecular weight excluding hydrogens is 278 g/mol. The van der Waals surface area contributed by atoms with Gasteiger partial charge in [0, 0.05) is 11.6 Å². The number of pyridine rings is 1. The number of methoxy groups -OCH3 is 1. The lowest BCUT2D eigenvalue weighted by Gasteiger charge is -2.08. The number of carbonyl (C=O) groups is 1. The van der Waals surface area contributed by atoms with Crippen LogP contribution in [0.3, 0.4) is 0 Å². The number of benzene rings is 1. The molecule has 0 saturated heterocycles. The largest absolute Gasteiger partial charge is 0.453 e. The Morgan fingerprint density at radius 1 is 1.30 bits per heavy atom. The van der Waals surface area contributed by atoms with Crippen molar-refractivity contribution >= 4 is 29.2 Å². The van der Waals surface area contributed by atoms with E-state index in [1.807, 2.05) is 24.3 Å². The molecule has 5 nitrogen and oxygen atoms in total. The highest BCUT2D eigenvalue weighted by Gasteiger charge is 2.02. The highest BCUT2D eigenvalue weighted by atomic mass is 35.5. The summed E-state index contributed by atoms with van der Waals surface area (Å²) in [5.41, 5.74) is 1.56. The Morgan fingerprint density at radius 2 is 2.10 bits per heavy atom. The summed E-state index contributed by atoms with van der Waals surface area (Å²) in [5, 5.41) is 6.40. The van der Waals surface area contributed by atoms with E-state index in [1.165, 1.54) is 7.11 Å². The van der Waals surface area contributed by atoms with Gasteiger partial charge < -0.3 is 10.1 Å². The quantitative estimate of drug-likeness (QED) is 0.904. The number of halogens is 1. The molecular formula is C14H14ClN3O2. The molecule has 0 fully saturated rings. The molecule has 0 spiro atoms. The van der Waals surface area contributed by atoms with Crippen LogP contribution in [0.4, 0.5) is 16.3 Å². The predicted octanol–water partition coefficient (Wildman–Crippen LogP) is 3.53. The van der Waals surface area contributed by atoms with E-state index in [0.29, 0.717) is 23.1 Å². The Bertz CT molecular complexity index is 587. The van der Waals surface area contributed by atoms with Gasteiger partial charge in [0.1, 0.15) is 5.82 Å². The SMILES string of the molecule is COC(=O)Nc1ccc(NCc2ccccc2Cl)nc1. The molecule has 0 aliphatic carbocycles. The van der Waals surface area contributed by atoms with Gasteiger partial charge in [-0.3, -0.25) is 5.32 Å². The fourth-order valence-corrected chi connectivity index (χ4v) is 1.77. The Morgan fingerprint density at radius 3 is 2.75 bits per heavy atom. The normalized spacial score (nSPS) is 9.90. The van der Waals surface area contributed by atoms with Gasteiger partial charge in [-0.2, -0.15) is 0 Å². The second kappa shape index (κ2) is 6.77. The van der Waals surface area contributed by atoms with Crippen molar-refractivity contribution < 1.29 is 9.53 Å². The molecule has 2 rings (SSSR count). The Labute approximate surface area is 121 Å². The van der Waals surface area contributed by atoms with Crippen molar-refractivity contribution in [2.75, 3.05) is 17.7 Å². The number of hydrogen-bond donors (Lipinski definition) is 2. The zero-order valence-electron chi connectivity index (χ0n) is 10.9. The standard InChI is InChI=1S/C14H14ClN3O2/c1-20-14(19)18-11-6-7-13(17-9-11)16-8-10-4-2-3-5-12(10)15/h2-7,9H,8H2,1H3,(H,16,17)(H,18,19). The fraction of sp³-hybridized carbons (Fsp3) is 0.143.